The molecule has 0 aromatic rings. The number of aliphatic hydroxyl groups excluding tert-OH is 2. The molecule has 1 unspecified atom stereocenters. The van der Waals surface area contributed by atoms with Crippen LogP contribution in [0.3, 0.4) is 0 Å². The van der Waals surface area contributed by atoms with Gasteiger partial charge in [0.05, 0.1) is 18.8 Å². The highest BCUT2D eigenvalue weighted by molar-refractivity contribution is 5.69. The van der Waals surface area contributed by atoms with Gasteiger partial charge in [-0.25, -0.2) is 0 Å². The summed E-state index contributed by atoms with van der Waals surface area (Å²) in [5.74, 6) is -0.0342. The second-order valence-electron chi connectivity index (χ2n) is 7.56. The van der Waals surface area contributed by atoms with Gasteiger partial charge in [-0.1, -0.05) is 84.0 Å². The summed E-state index contributed by atoms with van der Waals surface area (Å²) in [7, 11) is 0. The Kier molecular flexibility index (Phi) is 23.8. The van der Waals surface area contributed by atoms with Gasteiger partial charge < -0.3 is 14.9 Å². The molecule has 0 aliphatic heterocycles. The zero-order chi connectivity index (χ0) is 20.0. The first-order chi connectivity index (χ1) is 12.4. The number of unbranched alkanes of at least 4 members (excludes halogenated alkanes) is 12. The number of carbonyl (C=O) groups excluding carboxylic acids is 1. The first-order valence-electron chi connectivity index (χ1n) is 10.9. The van der Waals surface area contributed by atoms with E-state index in [0.29, 0.717) is 6.42 Å². The van der Waals surface area contributed by atoms with Crippen LogP contribution in [0.4, 0.5) is 0 Å². The van der Waals surface area contributed by atoms with Crippen molar-refractivity contribution in [2.45, 2.75) is 130 Å². The van der Waals surface area contributed by atoms with Gasteiger partial charge in [0.25, 0.3) is 0 Å². The maximum absolute atomic E-state index is 11.3. The van der Waals surface area contributed by atoms with E-state index in [4.69, 9.17) is 14.9 Å². The maximum Gasteiger partial charge on any atom is 0.306 e. The van der Waals surface area contributed by atoms with Crippen LogP contribution in [-0.4, -0.2) is 35.0 Å². The van der Waals surface area contributed by atoms with E-state index in [-0.39, 0.29) is 18.7 Å². The van der Waals surface area contributed by atoms with Gasteiger partial charge in [0.2, 0.25) is 0 Å². The van der Waals surface area contributed by atoms with Crippen LogP contribution < -0.4 is 0 Å². The first-order valence-corrected chi connectivity index (χ1v) is 10.9. The molecule has 0 rings (SSSR count). The third-order valence-corrected chi connectivity index (χ3v) is 4.12. The number of rotatable bonds is 16. The highest BCUT2D eigenvalue weighted by atomic mass is 16.5. The average molecular weight is 375 g/mol. The molecule has 0 heterocycles. The van der Waals surface area contributed by atoms with Crippen LogP contribution in [0.15, 0.2) is 0 Å². The van der Waals surface area contributed by atoms with Crippen molar-refractivity contribution in [3.63, 3.8) is 0 Å². The molecule has 0 aromatic carbocycles. The number of esters is 1. The predicted octanol–water partition coefficient (Wildman–Crippen LogP) is 5.78. The van der Waals surface area contributed by atoms with Gasteiger partial charge in [0.15, 0.2) is 0 Å². The molecule has 4 nitrogen and oxygen atoms in total. The van der Waals surface area contributed by atoms with Crippen LogP contribution >= 0.6 is 0 Å². The minimum Gasteiger partial charge on any atom is -0.463 e. The Labute approximate surface area is 162 Å². The van der Waals surface area contributed by atoms with Crippen molar-refractivity contribution in [2.24, 2.45) is 0 Å². The smallest absolute Gasteiger partial charge is 0.306 e. The van der Waals surface area contributed by atoms with E-state index in [1.54, 1.807) is 0 Å². The first kappa shape index (κ1) is 27.6. The van der Waals surface area contributed by atoms with Crippen molar-refractivity contribution in [1.29, 1.82) is 0 Å². The zero-order valence-corrected chi connectivity index (χ0v) is 18.0. The van der Waals surface area contributed by atoms with Gasteiger partial charge in [-0.2, -0.15) is 0 Å². The fourth-order valence-electron chi connectivity index (χ4n) is 2.61. The highest BCUT2D eigenvalue weighted by Gasteiger charge is 2.04. The van der Waals surface area contributed by atoms with Gasteiger partial charge in [-0.05, 0) is 27.2 Å². The molecular weight excluding hydrogens is 328 g/mol. The molecular formula is C22H46O4. The predicted molar refractivity (Wildman–Crippen MR) is 110 cm³/mol. The zero-order valence-electron chi connectivity index (χ0n) is 18.0. The number of carbonyl (C=O) groups is 1. The Balaban J connectivity index is 0. The molecule has 0 aliphatic rings. The molecule has 0 spiro atoms. The van der Waals surface area contributed by atoms with Crippen LogP contribution in [0.1, 0.15) is 118 Å². The van der Waals surface area contributed by atoms with Crippen molar-refractivity contribution in [3.05, 3.63) is 0 Å². The third kappa shape index (κ3) is 28.2. The van der Waals surface area contributed by atoms with Crippen LogP contribution in [-0.2, 0) is 9.53 Å². The molecule has 1 atom stereocenters. The molecule has 158 valence electrons. The van der Waals surface area contributed by atoms with E-state index in [1.165, 1.54) is 84.0 Å². The lowest BCUT2D eigenvalue weighted by Crippen LogP contribution is -2.10. The minimum atomic E-state index is -0.560. The Morgan fingerprint density at radius 3 is 1.42 bits per heavy atom. The van der Waals surface area contributed by atoms with Crippen molar-refractivity contribution in [2.75, 3.05) is 6.61 Å². The Morgan fingerprint density at radius 2 is 1.12 bits per heavy atom. The normalized spacial score (nSPS) is 11.8. The molecule has 0 saturated carbocycles. The van der Waals surface area contributed by atoms with Crippen molar-refractivity contribution >= 4 is 5.97 Å². The van der Waals surface area contributed by atoms with Gasteiger partial charge in [0.1, 0.15) is 0 Å². The minimum absolute atomic E-state index is 0.0273. The summed E-state index contributed by atoms with van der Waals surface area (Å²) in [5.41, 5.74) is 0. The van der Waals surface area contributed by atoms with Gasteiger partial charge >= 0.3 is 5.97 Å². The molecule has 0 aromatic heterocycles. The van der Waals surface area contributed by atoms with Gasteiger partial charge in [0, 0.05) is 6.42 Å². The van der Waals surface area contributed by atoms with Crippen molar-refractivity contribution < 1.29 is 19.7 Å². The van der Waals surface area contributed by atoms with Crippen LogP contribution in [0.25, 0.3) is 0 Å². The number of aliphatic hydroxyl groups is 2. The average Bonchev–Trinajstić information content (AvgIpc) is 2.58. The van der Waals surface area contributed by atoms with E-state index < -0.39 is 6.10 Å². The quantitative estimate of drug-likeness (QED) is 0.265. The van der Waals surface area contributed by atoms with E-state index >= 15 is 0 Å². The lowest BCUT2D eigenvalue weighted by molar-refractivity contribution is -0.147. The fraction of sp³-hybridized carbons (Fsp3) is 0.955. The molecule has 0 radical (unpaired) electrons. The van der Waals surface area contributed by atoms with Crippen LogP contribution in [0.5, 0.6) is 0 Å². The van der Waals surface area contributed by atoms with E-state index in [9.17, 15) is 4.79 Å². The molecule has 0 saturated heterocycles. The van der Waals surface area contributed by atoms with Crippen LogP contribution in [0.2, 0.25) is 0 Å². The molecule has 26 heavy (non-hydrogen) atoms. The summed E-state index contributed by atoms with van der Waals surface area (Å²) in [4.78, 5) is 11.3. The van der Waals surface area contributed by atoms with Crippen LogP contribution in [0, 0.1) is 0 Å². The van der Waals surface area contributed by atoms with Gasteiger partial charge in [-0.15, -0.1) is 0 Å². The van der Waals surface area contributed by atoms with Crippen molar-refractivity contribution in [1.82, 2.24) is 0 Å². The second kappa shape index (κ2) is 22.4. The Hall–Kier alpha value is -0.610. The van der Waals surface area contributed by atoms with Crippen molar-refractivity contribution in [3.8, 4) is 0 Å². The topological polar surface area (TPSA) is 66.8 Å². The lowest BCUT2D eigenvalue weighted by Gasteiger charge is -2.07. The number of hydrogen-bond donors (Lipinski definition) is 2. The molecule has 0 aliphatic carbocycles. The summed E-state index contributed by atoms with van der Waals surface area (Å²) < 4.78 is 5.12. The number of ether oxygens (including phenoxy) is 1. The fourth-order valence-corrected chi connectivity index (χ4v) is 2.61. The van der Waals surface area contributed by atoms with E-state index in [1.807, 2.05) is 13.8 Å². The van der Waals surface area contributed by atoms with E-state index in [0.717, 1.165) is 6.42 Å². The second-order valence-corrected chi connectivity index (χ2v) is 7.56. The third-order valence-electron chi connectivity index (χ3n) is 4.12. The molecule has 4 heteroatoms. The highest BCUT2D eigenvalue weighted by Crippen LogP contribution is 2.13. The lowest BCUT2D eigenvalue weighted by atomic mass is 10.0. The summed E-state index contributed by atoms with van der Waals surface area (Å²) in [5, 5.41) is 16.0. The summed E-state index contributed by atoms with van der Waals surface area (Å²) in [6.07, 6.45) is 17.4. The van der Waals surface area contributed by atoms with E-state index in [2.05, 4.69) is 6.92 Å². The number of hydrogen-bond acceptors (Lipinski definition) is 4. The maximum atomic E-state index is 11.3. The Morgan fingerprint density at radius 1 is 0.769 bits per heavy atom. The SMILES string of the molecule is CC(O)CO.CCCCCCCCCCCCCCCC(=O)OC(C)C. The van der Waals surface area contributed by atoms with Gasteiger partial charge in [-0.3, -0.25) is 4.79 Å². The largest absolute Gasteiger partial charge is 0.463 e. The molecule has 0 bridgehead atoms. The standard InChI is InChI=1S/C19H38O2.C3H8O2/c1-4-5-6-7-8-9-10-11-12-13-14-15-16-17-19(20)21-18(2)3;1-3(5)2-4/h18H,4-17H2,1-3H3;3-5H,2H2,1H3. The Bertz CT molecular complexity index is 277. The molecule has 0 fully saturated rings. The monoisotopic (exact) mass is 374 g/mol. The summed E-state index contributed by atoms with van der Waals surface area (Å²) in [6, 6.07) is 0. The molecule has 2 N–H and O–H groups in total. The molecule has 0 amide bonds. The summed E-state index contributed by atoms with van der Waals surface area (Å²) >= 11 is 0. The summed E-state index contributed by atoms with van der Waals surface area (Å²) in [6.45, 7) is 7.47.